The molecule has 1 atom stereocenters. The van der Waals surface area contributed by atoms with Gasteiger partial charge in [0.1, 0.15) is 5.15 Å². The van der Waals surface area contributed by atoms with Crippen molar-refractivity contribution in [1.29, 1.82) is 0 Å². The topological polar surface area (TPSA) is 71.2 Å². The van der Waals surface area contributed by atoms with E-state index in [0.717, 1.165) is 0 Å². The molecule has 4 nitrogen and oxygen atoms in total. The lowest BCUT2D eigenvalue weighted by Gasteiger charge is -2.26. The molecule has 0 saturated heterocycles. The maximum absolute atomic E-state index is 10.1. The third-order valence-electron chi connectivity index (χ3n) is 2.38. The monoisotopic (exact) mass is 257 g/mol. The van der Waals surface area contributed by atoms with Gasteiger partial charge < -0.3 is 16.2 Å². The second kappa shape index (κ2) is 5.56. The Kier molecular flexibility index (Phi) is 4.60. The molecule has 1 rings (SSSR count). The summed E-state index contributed by atoms with van der Waals surface area (Å²) in [6.07, 6.45) is 0.709. The van der Waals surface area contributed by atoms with Gasteiger partial charge in [0.15, 0.2) is 5.82 Å². The summed E-state index contributed by atoms with van der Waals surface area (Å²) in [6, 6.07) is 3.32. The molecule has 17 heavy (non-hydrogen) atoms. The van der Waals surface area contributed by atoms with Crippen molar-refractivity contribution < 1.29 is 5.11 Å². The molecule has 0 aliphatic carbocycles. The molecule has 1 unspecified atom stereocenters. The Hall–Kier alpha value is -1.00. The van der Waals surface area contributed by atoms with E-state index in [-0.39, 0.29) is 0 Å². The predicted octanol–water partition coefficient (Wildman–Crippen LogP) is 2.53. The molecule has 96 valence electrons. The number of nitrogens with zero attached hydrogens (tertiary/aromatic N) is 1. The average molecular weight is 258 g/mol. The Morgan fingerprint density at radius 2 is 2.18 bits per heavy atom. The number of pyridine rings is 1. The lowest BCUT2D eigenvalue weighted by molar-refractivity contribution is 0.0515. The molecule has 0 saturated carbocycles. The Balaban J connectivity index is 2.63. The van der Waals surface area contributed by atoms with Crippen molar-refractivity contribution in [1.82, 2.24) is 4.98 Å². The van der Waals surface area contributed by atoms with E-state index in [0.29, 0.717) is 35.5 Å². The average Bonchev–Trinajstić information content (AvgIpc) is 2.17. The van der Waals surface area contributed by atoms with Crippen LogP contribution in [-0.4, -0.2) is 22.2 Å². The highest BCUT2D eigenvalue weighted by atomic mass is 35.5. The number of aliphatic hydroxyl groups is 1. The fraction of sp³-hybridized carbons (Fsp3) is 0.583. The van der Waals surface area contributed by atoms with Crippen molar-refractivity contribution in [3.05, 3.63) is 17.3 Å². The zero-order valence-electron chi connectivity index (χ0n) is 10.5. The molecule has 0 radical (unpaired) electrons. The van der Waals surface area contributed by atoms with Gasteiger partial charge in [-0.15, -0.1) is 0 Å². The van der Waals surface area contributed by atoms with Gasteiger partial charge in [0.2, 0.25) is 0 Å². The lowest BCUT2D eigenvalue weighted by Crippen LogP contribution is -2.35. The van der Waals surface area contributed by atoms with Crippen molar-refractivity contribution >= 4 is 23.1 Å². The number of nitrogens with two attached hydrogens (primary N) is 1. The summed E-state index contributed by atoms with van der Waals surface area (Å²) in [5.41, 5.74) is 5.49. The Labute approximate surface area is 107 Å². The third-order valence-corrected chi connectivity index (χ3v) is 2.59. The minimum atomic E-state index is -0.787. The second-order valence-corrected chi connectivity index (χ2v) is 5.41. The zero-order chi connectivity index (χ0) is 13.1. The van der Waals surface area contributed by atoms with Crippen LogP contribution in [0.15, 0.2) is 12.1 Å². The standard InChI is InChI=1S/C12H20ClN3O/c1-8(2)6-12(3,17)7-15-11-9(14)4-5-10(13)16-11/h4-5,8,17H,6-7,14H2,1-3H3,(H,15,16). The molecule has 0 amide bonds. The Bertz CT molecular complexity index is 380. The van der Waals surface area contributed by atoms with E-state index in [4.69, 9.17) is 17.3 Å². The van der Waals surface area contributed by atoms with Crippen LogP contribution in [0.2, 0.25) is 5.15 Å². The highest BCUT2D eigenvalue weighted by Gasteiger charge is 2.22. The molecule has 1 aromatic heterocycles. The van der Waals surface area contributed by atoms with Crippen molar-refractivity contribution in [2.24, 2.45) is 5.92 Å². The number of hydrogen-bond donors (Lipinski definition) is 3. The van der Waals surface area contributed by atoms with Crippen LogP contribution in [0, 0.1) is 5.92 Å². The lowest BCUT2D eigenvalue weighted by atomic mass is 9.94. The minimum absolute atomic E-state index is 0.380. The van der Waals surface area contributed by atoms with Gasteiger partial charge >= 0.3 is 0 Å². The first kappa shape index (κ1) is 14.1. The quantitative estimate of drug-likeness (QED) is 0.709. The fourth-order valence-electron chi connectivity index (χ4n) is 1.81. The summed E-state index contributed by atoms with van der Waals surface area (Å²) in [7, 11) is 0. The van der Waals surface area contributed by atoms with Crippen LogP contribution < -0.4 is 11.1 Å². The van der Waals surface area contributed by atoms with Gasteiger partial charge in [0.25, 0.3) is 0 Å². The van der Waals surface area contributed by atoms with Crippen LogP contribution in [-0.2, 0) is 0 Å². The van der Waals surface area contributed by atoms with Gasteiger partial charge in [-0.25, -0.2) is 4.98 Å². The number of aromatic nitrogens is 1. The third kappa shape index (κ3) is 4.79. The molecule has 5 heteroatoms. The van der Waals surface area contributed by atoms with E-state index in [1.807, 2.05) is 0 Å². The zero-order valence-corrected chi connectivity index (χ0v) is 11.3. The van der Waals surface area contributed by atoms with Gasteiger partial charge in [-0.1, -0.05) is 25.4 Å². The summed E-state index contributed by atoms with van der Waals surface area (Å²) in [6.45, 7) is 6.32. The van der Waals surface area contributed by atoms with Crippen LogP contribution in [0.3, 0.4) is 0 Å². The van der Waals surface area contributed by atoms with E-state index in [2.05, 4.69) is 24.1 Å². The summed E-state index contributed by atoms with van der Waals surface area (Å²) < 4.78 is 0. The van der Waals surface area contributed by atoms with Crippen molar-refractivity contribution in [2.75, 3.05) is 17.6 Å². The van der Waals surface area contributed by atoms with Gasteiger partial charge in [-0.3, -0.25) is 0 Å². The SMILES string of the molecule is CC(C)CC(C)(O)CNc1nc(Cl)ccc1N. The summed E-state index contributed by atoms with van der Waals surface area (Å²) in [5, 5.41) is 13.6. The van der Waals surface area contributed by atoms with Crippen LogP contribution in [0.25, 0.3) is 0 Å². The van der Waals surface area contributed by atoms with Crippen molar-refractivity contribution in [3.8, 4) is 0 Å². The van der Waals surface area contributed by atoms with Gasteiger partial charge in [-0.2, -0.15) is 0 Å². The molecule has 0 aliphatic heterocycles. The first-order valence-electron chi connectivity index (χ1n) is 5.68. The predicted molar refractivity (Wildman–Crippen MR) is 72.2 cm³/mol. The fourth-order valence-corrected chi connectivity index (χ4v) is 1.96. The van der Waals surface area contributed by atoms with E-state index >= 15 is 0 Å². The smallest absolute Gasteiger partial charge is 0.151 e. The van der Waals surface area contributed by atoms with E-state index < -0.39 is 5.60 Å². The van der Waals surface area contributed by atoms with E-state index in [1.54, 1.807) is 19.1 Å². The first-order chi connectivity index (χ1) is 7.80. The highest BCUT2D eigenvalue weighted by Crippen LogP contribution is 2.21. The van der Waals surface area contributed by atoms with Crippen molar-refractivity contribution in [3.63, 3.8) is 0 Å². The van der Waals surface area contributed by atoms with Gasteiger partial charge in [-0.05, 0) is 31.4 Å². The molecule has 1 heterocycles. The number of anilines is 2. The number of rotatable bonds is 5. The molecular formula is C12H20ClN3O. The molecule has 0 bridgehead atoms. The molecular weight excluding hydrogens is 238 g/mol. The molecule has 4 N–H and O–H groups in total. The van der Waals surface area contributed by atoms with E-state index in [9.17, 15) is 5.11 Å². The Morgan fingerprint density at radius 3 is 2.76 bits per heavy atom. The minimum Gasteiger partial charge on any atom is -0.396 e. The van der Waals surface area contributed by atoms with Crippen molar-refractivity contribution in [2.45, 2.75) is 32.8 Å². The maximum Gasteiger partial charge on any atom is 0.151 e. The maximum atomic E-state index is 10.1. The summed E-state index contributed by atoms with van der Waals surface area (Å²) >= 11 is 5.78. The van der Waals surface area contributed by atoms with Crippen LogP contribution in [0.5, 0.6) is 0 Å². The molecule has 1 aromatic rings. The van der Waals surface area contributed by atoms with Gasteiger partial charge in [0, 0.05) is 6.54 Å². The van der Waals surface area contributed by atoms with Gasteiger partial charge in [0.05, 0.1) is 11.3 Å². The van der Waals surface area contributed by atoms with Crippen LogP contribution in [0.1, 0.15) is 27.2 Å². The number of nitrogens with one attached hydrogen (secondary N) is 1. The second-order valence-electron chi connectivity index (χ2n) is 5.02. The highest BCUT2D eigenvalue weighted by molar-refractivity contribution is 6.29. The van der Waals surface area contributed by atoms with Crippen LogP contribution in [0.4, 0.5) is 11.5 Å². The summed E-state index contributed by atoms with van der Waals surface area (Å²) in [4.78, 5) is 4.07. The molecule has 0 fully saturated rings. The first-order valence-corrected chi connectivity index (χ1v) is 6.06. The summed E-state index contributed by atoms with van der Waals surface area (Å²) in [5.74, 6) is 0.943. The van der Waals surface area contributed by atoms with E-state index in [1.165, 1.54) is 0 Å². The molecule has 0 aromatic carbocycles. The molecule has 0 aliphatic rings. The Morgan fingerprint density at radius 1 is 1.53 bits per heavy atom. The number of hydrogen-bond acceptors (Lipinski definition) is 4. The molecule has 0 spiro atoms. The largest absolute Gasteiger partial charge is 0.396 e. The number of halogens is 1. The normalized spacial score (nSPS) is 14.7. The number of nitrogen functional groups attached to an aromatic ring is 1. The van der Waals surface area contributed by atoms with Crippen LogP contribution >= 0.6 is 11.6 Å².